The summed E-state index contributed by atoms with van der Waals surface area (Å²) in [4.78, 5) is 7.34. The van der Waals surface area contributed by atoms with Crippen molar-refractivity contribution in [3.63, 3.8) is 0 Å². The van der Waals surface area contributed by atoms with Crippen LogP contribution >= 0.6 is 0 Å². The third-order valence-corrected chi connectivity index (χ3v) is 2.83. The van der Waals surface area contributed by atoms with E-state index in [0.717, 1.165) is 6.54 Å². The van der Waals surface area contributed by atoms with Crippen molar-refractivity contribution in [2.75, 3.05) is 13.1 Å². The zero-order valence-electron chi connectivity index (χ0n) is 8.12. The van der Waals surface area contributed by atoms with Gasteiger partial charge in [0, 0.05) is 6.04 Å². The Bertz CT molecular complexity index is 130. The lowest BCUT2D eigenvalue weighted by molar-refractivity contribution is -0.0178. The van der Waals surface area contributed by atoms with Gasteiger partial charge < -0.3 is 0 Å². The summed E-state index contributed by atoms with van der Waals surface area (Å²) < 4.78 is 0. The van der Waals surface area contributed by atoms with Crippen LogP contribution in [0.15, 0.2) is 0 Å². The SMILES string of the molecule is CCN1CCCCC1C(C)ON. The molecule has 72 valence electrons. The third-order valence-electron chi connectivity index (χ3n) is 2.83. The molecule has 0 bridgehead atoms. The first kappa shape index (κ1) is 9.96. The Morgan fingerprint density at radius 2 is 2.33 bits per heavy atom. The van der Waals surface area contributed by atoms with E-state index in [4.69, 9.17) is 10.7 Å². The van der Waals surface area contributed by atoms with Crippen molar-refractivity contribution < 1.29 is 4.84 Å². The zero-order chi connectivity index (χ0) is 8.97. The summed E-state index contributed by atoms with van der Waals surface area (Å²) in [6, 6.07) is 0.536. The number of hydrogen-bond donors (Lipinski definition) is 1. The highest BCUT2D eigenvalue weighted by Crippen LogP contribution is 2.19. The van der Waals surface area contributed by atoms with E-state index in [1.807, 2.05) is 0 Å². The van der Waals surface area contributed by atoms with E-state index in [1.54, 1.807) is 0 Å². The summed E-state index contributed by atoms with van der Waals surface area (Å²) in [6.07, 6.45) is 4.04. The van der Waals surface area contributed by atoms with Gasteiger partial charge in [0.05, 0.1) is 6.10 Å². The van der Waals surface area contributed by atoms with Gasteiger partial charge in [-0.2, -0.15) is 0 Å². The van der Waals surface area contributed by atoms with Gasteiger partial charge in [-0.15, -0.1) is 0 Å². The average molecular weight is 172 g/mol. The topological polar surface area (TPSA) is 38.5 Å². The molecular formula is C9H20N2O. The molecule has 1 aliphatic heterocycles. The van der Waals surface area contributed by atoms with Gasteiger partial charge in [-0.05, 0) is 32.9 Å². The van der Waals surface area contributed by atoms with Crippen LogP contribution in [0.1, 0.15) is 33.1 Å². The number of nitrogens with zero attached hydrogens (tertiary/aromatic N) is 1. The Kier molecular flexibility index (Phi) is 3.98. The van der Waals surface area contributed by atoms with Gasteiger partial charge in [-0.1, -0.05) is 13.3 Å². The standard InChI is InChI=1S/C9H20N2O/c1-3-11-7-5-4-6-9(11)8(2)12-10/h8-9H,3-7,10H2,1-2H3. The van der Waals surface area contributed by atoms with Crippen LogP contribution in [-0.2, 0) is 4.84 Å². The predicted molar refractivity (Wildman–Crippen MR) is 49.6 cm³/mol. The molecule has 1 aliphatic rings. The van der Waals surface area contributed by atoms with Crippen LogP contribution in [0.2, 0.25) is 0 Å². The van der Waals surface area contributed by atoms with Crippen LogP contribution in [0, 0.1) is 0 Å². The average Bonchev–Trinajstić information content (AvgIpc) is 2.16. The minimum absolute atomic E-state index is 0.172. The van der Waals surface area contributed by atoms with Gasteiger partial charge in [0.15, 0.2) is 0 Å². The number of piperidine rings is 1. The highest BCUT2D eigenvalue weighted by molar-refractivity contribution is 4.80. The summed E-state index contributed by atoms with van der Waals surface area (Å²) in [7, 11) is 0. The molecule has 0 spiro atoms. The number of likely N-dealkylation sites (N-methyl/N-ethyl adjacent to an activating group) is 1. The molecule has 12 heavy (non-hydrogen) atoms. The van der Waals surface area contributed by atoms with Crippen LogP contribution in [0.5, 0.6) is 0 Å². The molecule has 0 aromatic rings. The molecule has 1 rings (SSSR count). The van der Waals surface area contributed by atoms with Gasteiger partial charge >= 0.3 is 0 Å². The molecule has 0 aromatic carbocycles. The largest absolute Gasteiger partial charge is 0.300 e. The number of nitrogens with two attached hydrogens (primary N) is 1. The van der Waals surface area contributed by atoms with E-state index in [-0.39, 0.29) is 6.10 Å². The van der Waals surface area contributed by atoms with Gasteiger partial charge in [-0.3, -0.25) is 9.74 Å². The Balaban J connectivity index is 2.46. The molecule has 0 radical (unpaired) electrons. The van der Waals surface area contributed by atoms with Crippen LogP contribution in [0.25, 0.3) is 0 Å². The molecule has 2 unspecified atom stereocenters. The minimum atomic E-state index is 0.172. The number of hydrogen-bond acceptors (Lipinski definition) is 3. The van der Waals surface area contributed by atoms with Crippen molar-refractivity contribution in [2.24, 2.45) is 5.90 Å². The third kappa shape index (κ3) is 2.19. The monoisotopic (exact) mass is 172 g/mol. The summed E-state index contributed by atoms with van der Waals surface area (Å²) in [5.41, 5.74) is 0. The molecule has 0 aliphatic carbocycles. The highest BCUT2D eigenvalue weighted by atomic mass is 16.6. The first-order chi connectivity index (χ1) is 5.79. The molecule has 0 amide bonds. The van der Waals surface area contributed by atoms with Gasteiger partial charge in [0.1, 0.15) is 0 Å². The summed E-state index contributed by atoms with van der Waals surface area (Å²) >= 11 is 0. The lowest BCUT2D eigenvalue weighted by atomic mass is 9.98. The van der Waals surface area contributed by atoms with E-state index in [9.17, 15) is 0 Å². The van der Waals surface area contributed by atoms with Crippen LogP contribution in [-0.4, -0.2) is 30.1 Å². The van der Waals surface area contributed by atoms with Gasteiger partial charge in [0.2, 0.25) is 0 Å². The first-order valence-corrected chi connectivity index (χ1v) is 4.89. The molecule has 1 saturated heterocycles. The lowest BCUT2D eigenvalue weighted by Gasteiger charge is -2.37. The summed E-state index contributed by atoms with van der Waals surface area (Å²) in [6.45, 7) is 6.56. The van der Waals surface area contributed by atoms with E-state index in [0.29, 0.717) is 6.04 Å². The van der Waals surface area contributed by atoms with Crippen molar-refractivity contribution in [1.82, 2.24) is 4.90 Å². The summed E-state index contributed by atoms with van der Waals surface area (Å²) in [5.74, 6) is 5.19. The van der Waals surface area contributed by atoms with Crippen molar-refractivity contribution in [1.29, 1.82) is 0 Å². The van der Waals surface area contributed by atoms with Crippen molar-refractivity contribution in [2.45, 2.75) is 45.3 Å². The van der Waals surface area contributed by atoms with Crippen LogP contribution in [0.4, 0.5) is 0 Å². The maximum Gasteiger partial charge on any atom is 0.0914 e. The molecule has 1 fully saturated rings. The molecule has 2 atom stereocenters. The van der Waals surface area contributed by atoms with Crippen molar-refractivity contribution >= 4 is 0 Å². The van der Waals surface area contributed by atoms with E-state index >= 15 is 0 Å². The smallest absolute Gasteiger partial charge is 0.0914 e. The van der Waals surface area contributed by atoms with Crippen molar-refractivity contribution in [3.8, 4) is 0 Å². The van der Waals surface area contributed by atoms with E-state index in [1.165, 1.54) is 25.8 Å². The van der Waals surface area contributed by atoms with Gasteiger partial charge in [0.25, 0.3) is 0 Å². The fourth-order valence-electron chi connectivity index (χ4n) is 2.03. The zero-order valence-corrected chi connectivity index (χ0v) is 8.12. The molecule has 2 N–H and O–H groups in total. The fourth-order valence-corrected chi connectivity index (χ4v) is 2.03. The predicted octanol–water partition coefficient (Wildman–Crippen LogP) is 1.14. The van der Waals surface area contributed by atoms with Crippen LogP contribution in [0.3, 0.4) is 0 Å². The second-order valence-corrected chi connectivity index (χ2v) is 3.53. The Labute approximate surface area is 74.8 Å². The summed E-state index contributed by atoms with van der Waals surface area (Å²) in [5, 5.41) is 0. The van der Waals surface area contributed by atoms with Crippen molar-refractivity contribution in [3.05, 3.63) is 0 Å². The first-order valence-electron chi connectivity index (χ1n) is 4.89. The fraction of sp³-hybridized carbons (Fsp3) is 1.00. The highest BCUT2D eigenvalue weighted by Gasteiger charge is 2.26. The number of rotatable bonds is 3. The van der Waals surface area contributed by atoms with E-state index in [2.05, 4.69) is 18.7 Å². The van der Waals surface area contributed by atoms with Crippen LogP contribution < -0.4 is 5.90 Å². The molecule has 3 nitrogen and oxygen atoms in total. The molecule has 0 saturated carbocycles. The maximum atomic E-state index is 5.19. The molecule has 3 heteroatoms. The molecule has 0 aromatic heterocycles. The second kappa shape index (κ2) is 4.80. The minimum Gasteiger partial charge on any atom is -0.300 e. The second-order valence-electron chi connectivity index (χ2n) is 3.53. The number of likely N-dealkylation sites (tertiary alicyclic amines) is 1. The molecule has 1 heterocycles. The van der Waals surface area contributed by atoms with Gasteiger partial charge in [-0.25, -0.2) is 5.90 Å². The lowest BCUT2D eigenvalue weighted by Crippen LogP contribution is -2.47. The maximum absolute atomic E-state index is 5.19. The Morgan fingerprint density at radius 3 is 2.92 bits per heavy atom. The Hall–Kier alpha value is -0.120. The van der Waals surface area contributed by atoms with E-state index < -0.39 is 0 Å². The normalized spacial score (nSPS) is 28.8. The quantitative estimate of drug-likeness (QED) is 0.649. The Morgan fingerprint density at radius 1 is 1.58 bits per heavy atom. The molecular weight excluding hydrogens is 152 g/mol.